The van der Waals surface area contributed by atoms with Gasteiger partial charge in [0.15, 0.2) is 0 Å². The van der Waals surface area contributed by atoms with Gasteiger partial charge in [0, 0.05) is 11.9 Å². The molecule has 0 bridgehead atoms. The van der Waals surface area contributed by atoms with E-state index in [1.54, 1.807) is 6.07 Å². The van der Waals surface area contributed by atoms with Crippen LogP contribution in [0.1, 0.15) is 10.5 Å². The molecule has 0 saturated carbocycles. The number of nitrogens with one attached hydrogen (secondary N) is 2. The highest BCUT2D eigenvalue weighted by molar-refractivity contribution is 5.91. The summed E-state index contributed by atoms with van der Waals surface area (Å²) in [4.78, 5) is 25.9. The van der Waals surface area contributed by atoms with Crippen molar-refractivity contribution < 1.29 is 9.59 Å². The Kier molecular flexibility index (Phi) is 4.51. The molecule has 0 unspecified atom stereocenters. The first kappa shape index (κ1) is 12.5. The SMILES string of the molecule is C#CCNC(=O)CNc1ccnc(C(N)=O)c1. The number of primary amides is 1. The first-order chi connectivity index (χ1) is 8.13. The van der Waals surface area contributed by atoms with E-state index in [-0.39, 0.29) is 24.7 Å². The highest BCUT2D eigenvalue weighted by Gasteiger charge is 2.04. The first-order valence-electron chi connectivity index (χ1n) is 4.83. The average molecular weight is 232 g/mol. The maximum absolute atomic E-state index is 11.2. The van der Waals surface area contributed by atoms with Crippen LogP contribution in [0.4, 0.5) is 5.69 Å². The third-order valence-electron chi connectivity index (χ3n) is 1.85. The Bertz CT molecular complexity index is 465. The lowest BCUT2D eigenvalue weighted by molar-refractivity contribution is -0.119. The second kappa shape index (κ2) is 6.12. The number of rotatable bonds is 5. The summed E-state index contributed by atoms with van der Waals surface area (Å²) in [6.45, 7) is 0.243. The van der Waals surface area contributed by atoms with Crippen LogP contribution in [0.15, 0.2) is 18.3 Å². The molecule has 0 atom stereocenters. The lowest BCUT2D eigenvalue weighted by Crippen LogP contribution is -2.30. The highest BCUT2D eigenvalue weighted by atomic mass is 16.2. The van der Waals surface area contributed by atoms with Gasteiger partial charge in [-0.15, -0.1) is 6.42 Å². The monoisotopic (exact) mass is 232 g/mol. The van der Waals surface area contributed by atoms with E-state index in [1.165, 1.54) is 12.3 Å². The number of carbonyl (C=O) groups excluding carboxylic acids is 2. The molecule has 0 aliphatic heterocycles. The number of nitrogens with two attached hydrogens (primary N) is 1. The quantitative estimate of drug-likeness (QED) is 0.587. The molecule has 1 aromatic heterocycles. The third kappa shape index (κ3) is 4.22. The van der Waals surface area contributed by atoms with E-state index in [1.807, 2.05) is 0 Å². The van der Waals surface area contributed by atoms with Crippen LogP contribution in [0.3, 0.4) is 0 Å². The molecule has 17 heavy (non-hydrogen) atoms. The Balaban J connectivity index is 2.52. The maximum Gasteiger partial charge on any atom is 0.267 e. The van der Waals surface area contributed by atoms with Gasteiger partial charge in [0.05, 0.1) is 13.1 Å². The minimum absolute atomic E-state index is 0.0594. The molecule has 4 N–H and O–H groups in total. The van der Waals surface area contributed by atoms with E-state index in [4.69, 9.17) is 12.2 Å². The molecule has 1 rings (SSSR count). The molecule has 88 valence electrons. The van der Waals surface area contributed by atoms with Crippen LogP contribution in [-0.2, 0) is 4.79 Å². The van der Waals surface area contributed by atoms with E-state index in [9.17, 15) is 9.59 Å². The van der Waals surface area contributed by atoms with Crippen molar-refractivity contribution in [3.63, 3.8) is 0 Å². The Labute approximate surface area is 98.6 Å². The molecular formula is C11H12N4O2. The zero-order valence-electron chi connectivity index (χ0n) is 9.06. The van der Waals surface area contributed by atoms with Gasteiger partial charge in [0.2, 0.25) is 5.91 Å². The van der Waals surface area contributed by atoms with Gasteiger partial charge < -0.3 is 16.4 Å². The Hall–Kier alpha value is -2.55. The molecule has 6 heteroatoms. The number of hydrogen-bond acceptors (Lipinski definition) is 4. The number of aromatic nitrogens is 1. The summed E-state index contributed by atoms with van der Waals surface area (Å²) in [6.07, 6.45) is 6.42. The van der Waals surface area contributed by atoms with Crippen LogP contribution in [0, 0.1) is 12.3 Å². The summed E-state index contributed by atoms with van der Waals surface area (Å²) in [7, 11) is 0. The van der Waals surface area contributed by atoms with Crippen LogP contribution >= 0.6 is 0 Å². The van der Waals surface area contributed by atoms with Crippen molar-refractivity contribution >= 4 is 17.5 Å². The number of nitrogens with zero attached hydrogens (tertiary/aromatic N) is 1. The normalized spacial score (nSPS) is 9.12. The predicted molar refractivity (Wildman–Crippen MR) is 63.1 cm³/mol. The topological polar surface area (TPSA) is 97.1 Å². The zero-order valence-corrected chi connectivity index (χ0v) is 9.06. The van der Waals surface area contributed by atoms with E-state index < -0.39 is 5.91 Å². The Morgan fingerprint density at radius 1 is 1.53 bits per heavy atom. The highest BCUT2D eigenvalue weighted by Crippen LogP contribution is 2.06. The van der Waals surface area contributed by atoms with Crippen LogP contribution in [0.2, 0.25) is 0 Å². The number of hydrogen-bond donors (Lipinski definition) is 3. The van der Waals surface area contributed by atoms with Crippen molar-refractivity contribution in [2.24, 2.45) is 5.73 Å². The average Bonchev–Trinajstić information content (AvgIpc) is 2.34. The van der Waals surface area contributed by atoms with Crippen molar-refractivity contribution in [1.82, 2.24) is 10.3 Å². The molecule has 1 heterocycles. The van der Waals surface area contributed by atoms with Gasteiger partial charge in [-0.25, -0.2) is 0 Å². The molecule has 2 amide bonds. The molecule has 0 aliphatic rings. The van der Waals surface area contributed by atoms with E-state index in [0.29, 0.717) is 5.69 Å². The fraction of sp³-hybridized carbons (Fsp3) is 0.182. The lowest BCUT2D eigenvalue weighted by Gasteiger charge is -2.06. The van der Waals surface area contributed by atoms with Gasteiger partial charge in [-0.3, -0.25) is 14.6 Å². The summed E-state index contributed by atoms with van der Waals surface area (Å²) >= 11 is 0. The van der Waals surface area contributed by atoms with Crippen molar-refractivity contribution in [2.75, 3.05) is 18.4 Å². The van der Waals surface area contributed by atoms with Gasteiger partial charge in [-0.2, -0.15) is 0 Å². The summed E-state index contributed by atoms with van der Waals surface area (Å²) < 4.78 is 0. The fourth-order valence-corrected chi connectivity index (χ4v) is 1.07. The Morgan fingerprint density at radius 3 is 2.94 bits per heavy atom. The minimum atomic E-state index is -0.620. The molecule has 6 nitrogen and oxygen atoms in total. The second-order valence-corrected chi connectivity index (χ2v) is 3.13. The minimum Gasteiger partial charge on any atom is -0.376 e. The van der Waals surface area contributed by atoms with Crippen molar-refractivity contribution in [2.45, 2.75) is 0 Å². The molecule has 0 aliphatic carbocycles. The number of anilines is 1. The molecule has 0 aromatic carbocycles. The number of terminal acetylenes is 1. The molecule has 1 aromatic rings. The first-order valence-corrected chi connectivity index (χ1v) is 4.83. The van der Waals surface area contributed by atoms with Gasteiger partial charge in [0.25, 0.3) is 5.91 Å². The van der Waals surface area contributed by atoms with Crippen molar-refractivity contribution in [3.8, 4) is 12.3 Å². The maximum atomic E-state index is 11.2. The van der Waals surface area contributed by atoms with Gasteiger partial charge in [-0.1, -0.05) is 5.92 Å². The summed E-state index contributed by atoms with van der Waals surface area (Å²) in [5, 5.41) is 5.32. The number of carbonyl (C=O) groups is 2. The largest absolute Gasteiger partial charge is 0.376 e. The second-order valence-electron chi connectivity index (χ2n) is 3.13. The molecule has 0 radical (unpaired) electrons. The molecule has 0 spiro atoms. The summed E-state index contributed by atoms with van der Waals surface area (Å²) in [5.74, 6) is 1.43. The van der Waals surface area contributed by atoms with Crippen LogP contribution in [0.25, 0.3) is 0 Å². The molecular weight excluding hydrogens is 220 g/mol. The van der Waals surface area contributed by atoms with Crippen LogP contribution < -0.4 is 16.4 Å². The van der Waals surface area contributed by atoms with Crippen molar-refractivity contribution in [3.05, 3.63) is 24.0 Å². The van der Waals surface area contributed by atoms with Crippen LogP contribution in [-0.4, -0.2) is 29.9 Å². The van der Waals surface area contributed by atoms with Gasteiger partial charge >= 0.3 is 0 Å². The standard InChI is InChI=1S/C11H12N4O2/c1-2-4-14-10(16)7-15-8-3-5-13-9(6-8)11(12)17/h1,3,5-6H,4,7H2,(H2,12,17)(H,13,15)(H,14,16). The lowest BCUT2D eigenvalue weighted by atomic mass is 10.3. The van der Waals surface area contributed by atoms with Gasteiger partial charge in [0.1, 0.15) is 5.69 Å². The van der Waals surface area contributed by atoms with Crippen LogP contribution in [0.5, 0.6) is 0 Å². The zero-order chi connectivity index (χ0) is 12.7. The van der Waals surface area contributed by atoms with E-state index in [0.717, 1.165) is 0 Å². The molecule has 0 saturated heterocycles. The summed E-state index contributed by atoms with van der Waals surface area (Å²) in [5.41, 5.74) is 5.80. The van der Waals surface area contributed by atoms with E-state index in [2.05, 4.69) is 21.5 Å². The number of pyridine rings is 1. The molecule has 0 fully saturated rings. The van der Waals surface area contributed by atoms with E-state index >= 15 is 0 Å². The number of amides is 2. The summed E-state index contributed by atoms with van der Waals surface area (Å²) in [6, 6.07) is 3.09. The fourth-order valence-electron chi connectivity index (χ4n) is 1.07. The van der Waals surface area contributed by atoms with Crippen molar-refractivity contribution in [1.29, 1.82) is 0 Å². The Morgan fingerprint density at radius 2 is 2.29 bits per heavy atom. The predicted octanol–water partition coefficient (Wildman–Crippen LogP) is -0.658. The van der Waals surface area contributed by atoms with Gasteiger partial charge in [-0.05, 0) is 12.1 Å². The smallest absolute Gasteiger partial charge is 0.267 e. The third-order valence-corrected chi connectivity index (χ3v) is 1.85.